The average Bonchev–Trinajstić information content (AvgIpc) is 2.87. The smallest absolute Gasteiger partial charge is 0.0972 e. The summed E-state index contributed by atoms with van der Waals surface area (Å²) in [6, 6.07) is 8.65. The van der Waals surface area contributed by atoms with Crippen LogP contribution in [0.2, 0.25) is 0 Å². The molecule has 0 aliphatic rings. The predicted octanol–water partition coefficient (Wildman–Crippen LogP) is 4.33. The third-order valence-electron chi connectivity index (χ3n) is 3.01. The maximum absolute atomic E-state index is 6.29. The first-order chi connectivity index (χ1) is 9.10. The van der Waals surface area contributed by atoms with Gasteiger partial charge in [0.25, 0.3) is 0 Å². The molecule has 0 bridgehead atoms. The van der Waals surface area contributed by atoms with E-state index < -0.39 is 0 Å². The average molecular weight is 292 g/mol. The Hall–Kier alpha value is -0.840. The van der Waals surface area contributed by atoms with Crippen LogP contribution in [0.4, 0.5) is 0 Å². The maximum atomic E-state index is 6.29. The van der Waals surface area contributed by atoms with Crippen LogP contribution in [0, 0.1) is 13.8 Å². The number of nitrogens with zero attached hydrogens (tertiary/aromatic N) is 1. The lowest BCUT2D eigenvalue weighted by Gasteiger charge is -2.21. The Morgan fingerprint density at radius 2 is 2.16 bits per heavy atom. The molecule has 102 valence electrons. The van der Waals surface area contributed by atoms with E-state index in [0.717, 1.165) is 17.1 Å². The molecule has 2 aromatic heterocycles. The summed E-state index contributed by atoms with van der Waals surface area (Å²) < 4.78 is 0. The molecule has 19 heavy (non-hydrogen) atoms. The largest absolute Gasteiger partial charge is 0.326 e. The molecule has 2 aromatic rings. The molecule has 2 unspecified atom stereocenters. The van der Waals surface area contributed by atoms with Crippen LogP contribution in [-0.2, 0) is 0 Å². The van der Waals surface area contributed by atoms with Gasteiger partial charge in [-0.2, -0.15) is 0 Å². The highest BCUT2D eigenvalue weighted by molar-refractivity contribution is 7.99. The van der Waals surface area contributed by atoms with Crippen molar-refractivity contribution in [3.8, 4) is 0 Å². The molecule has 0 saturated carbocycles. The zero-order valence-electron chi connectivity index (χ0n) is 11.6. The van der Waals surface area contributed by atoms with E-state index in [0.29, 0.717) is 5.25 Å². The molecule has 4 heteroatoms. The Morgan fingerprint density at radius 3 is 2.74 bits per heavy atom. The molecule has 0 amide bonds. The van der Waals surface area contributed by atoms with Gasteiger partial charge < -0.3 is 5.73 Å². The summed E-state index contributed by atoms with van der Waals surface area (Å²) in [4.78, 5) is 5.95. The summed E-state index contributed by atoms with van der Waals surface area (Å²) in [5.41, 5.74) is 8.61. The minimum atomic E-state index is 0.159. The lowest BCUT2D eigenvalue weighted by atomic mass is 10.1. The summed E-state index contributed by atoms with van der Waals surface area (Å²) in [5.74, 6) is 0. The van der Waals surface area contributed by atoms with Gasteiger partial charge in [0.05, 0.1) is 10.3 Å². The number of thiophene rings is 1. The van der Waals surface area contributed by atoms with Gasteiger partial charge in [-0.3, -0.25) is 0 Å². The Labute approximate surface area is 123 Å². The summed E-state index contributed by atoms with van der Waals surface area (Å²) in [7, 11) is 0. The highest BCUT2D eigenvalue weighted by Gasteiger charge is 2.21. The van der Waals surface area contributed by atoms with E-state index in [2.05, 4.69) is 48.5 Å². The number of aromatic nitrogens is 1. The minimum absolute atomic E-state index is 0.159. The first kappa shape index (κ1) is 14.6. The van der Waals surface area contributed by atoms with Crippen molar-refractivity contribution >= 4 is 23.1 Å². The zero-order chi connectivity index (χ0) is 13.8. The van der Waals surface area contributed by atoms with Crippen LogP contribution in [0.3, 0.4) is 0 Å². The molecule has 0 spiro atoms. The van der Waals surface area contributed by atoms with E-state index in [4.69, 9.17) is 5.73 Å². The second-order valence-corrected chi connectivity index (χ2v) is 6.89. The number of rotatable bonds is 5. The summed E-state index contributed by atoms with van der Waals surface area (Å²) >= 11 is 3.56. The molecule has 0 aromatic carbocycles. The molecule has 2 rings (SSSR count). The van der Waals surface area contributed by atoms with E-state index in [1.165, 1.54) is 10.4 Å². The van der Waals surface area contributed by atoms with Gasteiger partial charge >= 0.3 is 0 Å². The van der Waals surface area contributed by atoms with E-state index in [1.54, 1.807) is 23.1 Å². The molecule has 2 atom stereocenters. The fourth-order valence-electron chi connectivity index (χ4n) is 2.02. The second kappa shape index (κ2) is 6.55. The number of nitrogens with two attached hydrogens (primary N) is 1. The zero-order valence-corrected chi connectivity index (χ0v) is 13.2. The van der Waals surface area contributed by atoms with Gasteiger partial charge in [-0.1, -0.05) is 24.8 Å². The third-order valence-corrected chi connectivity index (χ3v) is 5.42. The summed E-state index contributed by atoms with van der Waals surface area (Å²) in [5, 5.41) is 3.47. The highest BCUT2D eigenvalue weighted by atomic mass is 32.2. The molecule has 0 aliphatic heterocycles. The predicted molar refractivity (Wildman–Crippen MR) is 84.9 cm³/mol. The molecular formula is C15H20N2S2. The van der Waals surface area contributed by atoms with Gasteiger partial charge in [0.15, 0.2) is 0 Å². The van der Waals surface area contributed by atoms with Gasteiger partial charge in [0, 0.05) is 16.6 Å². The minimum Gasteiger partial charge on any atom is -0.326 e. The van der Waals surface area contributed by atoms with E-state index in [1.807, 2.05) is 6.92 Å². The van der Waals surface area contributed by atoms with Crippen molar-refractivity contribution in [2.75, 3.05) is 0 Å². The number of pyridine rings is 1. The van der Waals surface area contributed by atoms with Crippen LogP contribution in [-0.4, -0.2) is 11.0 Å². The van der Waals surface area contributed by atoms with Gasteiger partial charge in [0.2, 0.25) is 0 Å². The van der Waals surface area contributed by atoms with Crippen LogP contribution in [0.25, 0.3) is 0 Å². The fourth-order valence-corrected chi connectivity index (χ4v) is 4.38. The van der Waals surface area contributed by atoms with Crippen molar-refractivity contribution in [3.05, 3.63) is 45.8 Å². The lowest BCUT2D eigenvalue weighted by Crippen LogP contribution is -2.25. The Balaban J connectivity index is 2.25. The molecule has 0 saturated heterocycles. The van der Waals surface area contributed by atoms with E-state index in [-0.39, 0.29) is 6.04 Å². The number of aryl methyl sites for hydroxylation is 2. The van der Waals surface area contributed by atoms with Crippen LogP contribution in [0.5, 0.6) is 0 Å². The first-order valence-corrected chi connectivity index (χ1v) is 8.27. The van der Waals surface area contributed by atoms with Crippen LogP contribution < -0.4 is 5.73 Å². The third kappa shape index (κ3) is 3.81. The molecular weight excluding hydrogens is 272 g/mol. The van der Waals surface area contributed by atoms with Crippen molar-refractivity contribution in [1.29, 1.82) is 0 Å². The standard InChI is InChI=1S/C15H20N2S2/c1-4-12(16)15(13-6-5-7-18-13)19-14-9-10(2)8-11(3)17-14/h5-9,12,15H,4,16H2,1-3H3. The number of hydrogen-bond donors (Lipinski definition) is 1. The second-order valence-electron chi connectivity index (χ2n) is 4.75. The van der Waals surface area contributed by atoms with Crippen molar-refractivity contribution in [1.82, 2.24) is 4.98 Å². The molecule has 0 fully saturated rings. The lowest BCUT2D eigenvalue weighted by molar-refractivity contribution is 0.639. The fraction of sp³-hybridized carbons (Fsp3) is 0.400. The molecule has 0 radical (unpaired) electrons. The highest BCUT2D eigenvalue weighted by Crippen LogP contribution is 2.39. The van der Waals surface area contributed by atoms with Gasteiger partial charge in [0.1, 0.15) is 0 Å². The Bertz CT molecular complexity index is 503. The SMILES string of the molecule is CCC(N)C(Sc1cc(C)cc(C)n1)c1cccs1. The van der Waals surface area contributed by atoms with Crippen LogP contribution in [0.1, 0.15) is 34.7 Å². The molecule has 2 heterocycles. The number of thioether (sulfide) groups is 1. The Morgan fingerprint density at radius 1 is 1.37 bits per heavy atom. The van der Waals surface area contributed by atoms with Crippen molar-refractivity contribution in [2.45, 2.75) is 43.5 Å². The molecule has 0 aliphatic carbocycles. The van der Waals surface area contributed by atoms with Crippen LogP contribution in [0.15, 0.2) is 34.7 Å². The van der Waals surface area contributed by atoms with Gasteiger partial charge in [-0.05, 0) is 49.4 Å². The maximum Gasteiger partial charge on any atom is 0.0972 e. The van der Waals surface area contributed by atoms with Crippen molar-refractivity contribution in [3.63, 3.8) is 0 Å². The first-order valence-electron chi connectivity index (χ1n) is 6.51. The quantitative estimate of drug-likeness (QED) is 0.834. The van der Waals surface area contributed by atoms with Gasteiger partial charge in [-0.15, -0.1) is 11.3 Å². The Kier molecular flexibility index (Phi) is 5.02. The van der Waals surface area contributed by atoms with Crippen molar-refractivity contribution < 1.29 is 0 Å². The van der Waals surface area contributed by atoms with E-state index in [9.17, 15) is 0 Å². The van der Waals surface area contributed by atoms with E-state index >= 15 is 0 Å². The number of hydrogen-bond acceptors (Lipinski definition) is 4. The molecule has 2 N–H and O–H groups in total. The topological polar surface area (TPSA) is 38.9 Å². The normalized spacial score (nSPS) is 14.3. The van der Waals surface area contributed by atoms with Crippen LogP contribution >= 0.6 is 23.1 Å². The molecule has 2 nitrogen and oxygen atoms in total. The summed E-state index contributed by atoms with van der Waals surface area (Å²) in [6.45, 7) is 6.29. The monoisotopic (exact) mass is 292 g/mol. The van der Waals surface area contributed by atoms with Crippen molar-refractivity contribution in [2.24, 2.45) is 5.73 Å². The summed E-state index contributed by atoms with van der Waals surface area (Å²) in [6.07, 6.45) is 0.973. The van der Waals surface area contributed by atoms with Gasteiger partial charge in [-0.25, -0.2) is 4.98 Å².